The molecule has 0 radical (unpaired) electrons. The first-order valence-electron chi connectivity index (χ1n) is 5.50. The Bertz CT molecular complexity index is 763. The zero-order valence-corrected chi connectivity index (χ0v) is 13.1. The summed E-state index contributed by atoms with van der Waals surface area (Å²) in [6.45, 7) is 0. The van der Waals surface area contributed by atoms with E-state index in [9.17, 15) is 0 Å². The van der Waals surface area contributed by atoms with Crippen LogP contribution in [0.2, 0.25) is 5.15 Å². The Morgan fingerprint density at radius 1 is 1.20 bits per heavy atom. The molecule has 3 aromatic heterocycles. The van der Waals surface area contributed by atoms with E-state index >= 15 is 0 Å². The fourth-order valence-electron chi connectivity index (χ4n) is 1.61. The van der Waals surface area contributed by atoms with E-state index in [4.69, 9.17) is 17.3 Å². The molecule has 0 saturated heterocycles. The molecule has 0 saturated carbocycles. The molecule has 0 aliphatic carbocycles. The van der Waals surface area contributed by atoms with E-state index in [0.717, 1.165) is 5.01 Å². The molecule has 100 valence electrons. The summed E-state index contributed by atoms with van der Waals surface area (Å²) in [5, 5.41) is 3.01. The zero-order chi connectivity index (χ0) is 14.1. The fraction of sp³-hybridized carbons (Fsp3) is 0. The van der Waals surface area contributed by atoms with Gasteiger partial charge in [0.1, 0.15) is 21.5 Å². The maximum Gasteiger partial charge on any atom is 0.180 e. The lowest BCUT2D eigenvalue weighted by Gasteiger charge is -2.07. The highest BCUT2D eigenvalue weighted by Crippen LogP contribution is 2.33. The number of thiazole rings is 1. The van der Waals surface area contributed by atoms with Crippen LogP contribution in [0.25, 0.3) is 22.2 Å². The molecule has 3 heterocycles. The molecular formula is C12H7BrClN5S. The molecule has 8 heteroatoms. The molecule has 0 aliphatic rings. The van der Waals surface area contributed by atoms with E-state index in [-0.39, 0.29) is 0 Å². The summed E-state index contributed by atoms with van der Waals surface area (Å²) in [5.74, 6) is 0.412. The van der Waals surface area contributed by atoms with E-state index < -0.39 is 0 Å². The van der Waals surface area contributed by atoms with E-state index in [2.05, 4.69) is 35.9 Å². The molecule has 0 spiro atoms. The van der Waals surface area contributed by atoms with Gasteiger partial charge in [0, 0.05) is 17.8 Å². The second kappa shape index (κ2) is 5.43. The van der Waals surface area contributed by atoms with Gasteiger partial charge in [0.2, 0.25) is 0 Å². The van der Waals surface area contributed by atoms with Crippen molar-refractivity contribution in [3.8, 4) is 22.2 Å². The van der Waals surface area contributed by atoms with Crippen LogP contribution < -0.4 is 5.73 Å². The van der Waals surface area contributed by atoms with Crippen LogP contribution in [0.1, 0.15) is 0 Å². The predicted octanol–water partition coefficient (Wildman–Crippen LogP) is 3.66. The first-order valence-corrected chi connectivity index (χ1v) is 7.55. The van der Waals surface area contributed by atoms with Gasteiger partial charge >= 0.3 is 0 Å². The van der Waals surface area contributed by atoms with Gasteiger partial charge in [-0.3, -0.25) is 0 Å². The first-order chi connectivity index (χ1) is 9.65. The Hall–Kier alpha value is -1.57. The normalized spacial score (nSPS) is 10.7. The van der Waals surface area contributed by atoms with E-state index in [0.29, 0.717) is 32.5 Å². The Kier molecular flexibility index (Phi) is 3.64. The van der Waals surface area contributed by atoms with Crippen molar-refractivity contribution in [2.45, 2.75) is 0 Å². The number of hydrogen-bond acceptors (Lipinski definition) is 6. The highest BCUT2D eigenvalue weighted by Gasteiger charge is 2.15. The molecule has 0 aliphatic heterocycles. The van der Waals surface area contributed by atoms with Crippen molar-refractivity contribution >= 4 is 44.6 Å². The molecule has 0 amide bonds. The van der Waals surface area contributed by atoms with E-state index in [1.54, 1.807) is 24.5 Å². The minimum atomic E-state index is 0.349. The van der Waals surface area contributed by atoms with Gasteiger partial charge < -0.3 is 5.73 Å². The number of nitrogen functional groups attached to an aromatic ring is 1. The SMILES string of the molecule is Nc1cc(-c2nccs2)nc(-c2nccc(Cl)n2)c1Br. The van der Waals surface area contributed by atoms with Crippen LogP contribution in [0.15, 0.2) is 34.4 Å². The molecule has 0 aromatic carbocycles. The molecular weight excluding hydrogens is 362 g/mol. The fourth-order valence-corrected chi connectivity index (χ4v) is 2.72. The molecule has 3 rings (SSSR count). The number of anilines is 1. The third-order valence-electron chi connectivity index (χ3n) is 2.47. The Labute approximate surface area is 132 Å². The van der Waals surface area contributed by atoms with Crippen LogP contribution in [0.4, 0.5) is 5.69 Å². The number of aromatic nitrogens is 4. The summed E-state index contributed by atoms with van der Waals surface area (Å²) in [6, 6.07) is 3.37. The van der Waals surface area contributed by atoms with Crippen LogP contribution in [-0.2, 0) is 0 Å². The van der Waals surface area contributed by atoms with Crippen molar-refractivity contribution in [2.75, 3.05) is 5.73 Å². The standard InChI is InChI=1S/C12H7BrClN5S/c13-9-6(15)5-7(12-17-3-4-20-12)18-10(9)11-16-2-1-8(14)19-11/h1-5H,(H2,15,18). The maximum absolute atomic E-state index is 6.00. The summed E-state index contributed by atoms with van der Waals surface area (Å²) in [5.41, 5.74) is 7.77. The van der Waals surface area contributed by atoms with Gasteiger partial charge in [0.15, 0.2) is 5.82 Å². The van der Waals surface area contributed by atoms with Crippen molar-refractivity contribution in [1.29, 1.82) is 0 Å². The molecule has 0 fully saturated rings. The number of hydrogen-bond donors (Lipinski definition) is 1. The number of nitrogens with two attached hydrogens (primary N) is 1. The topological polar surface area (TPSA) is 77.6 Å². The van der Waals surface area contributed by atoms with Crippen LogP contribution in [0.5, 0.6) is 0 Å². The van der Waals surface area contributed by atoms with Gasteiger partial charge in [-0.2, -0.15) is 0 Å². The third kappa shape index (κ3) is 2.52. The average molecular weight is 369 g/mol. The number of nitrogens with zero attached hydrogens (tertiary/aromatic N) is 4. The van der Waals surface area contributed by atoms with E-state index in [1.807, 2.05) is 5.38 Å². The van der Waals surface area contributed by atoms with Crippen LogP contribution in [0.3, 0.4) is 0 Å². The Morgan fingerprint density at radius 3 is 2.75 bits per heavy atom. The smallest absolute Gasteiger partial charge is 0.180 e. The summed E-state index contributed by atoms with van der Waals surface area (Å²) in [4.78, 5) is 17.1. The lowest BCUT2D eigenvalue weighted by atomic mass is 10.2. The number of pyridine rings is 1. The lowest BCUT2D eigenvalue weighted by Crippen LogP contribution is -1.98. The van der Waals surface area contributed by atoms with Crippen LogP contribution in [0, 0.1) is 0 Å². The highest BCUT2D eigenvalue weighted by atomic mass is 79.9. The summed E-state index contributed by atoms with van der Waals surface area (Å²) < 4.78 is 0.639. The largest absolute Gasteiger partial charge is 0.398 e. The highest BCUT2D eigenvalue weighted by molar-refractivity contribution is 9.10. The number of halogens is 2. The quantitative estimate of drug-likeness (QED) is 0.698. The van der Waals surface area contributed by atoms with Crippen LogP contribution >= 0.6 is 38.9 Å². The molecule has 0 atom stereocenters. The van der Waals surface area contributed by atoms with Crippen molar-refractivity contribution < 1.29 is 0 Å². The van der Waals surface area contributed by atoms with Crippen molar-refractivity contribution in [2.24, 2.45) is 0 Å². The number of rotatable bonds is 2. The Morgan fingerprint density at radius 2 is 2.05 bits per heavy atom. The predicted molar refractivity (Wildman–Crippen MR) is 83.5 cm³/mol. The molecule has 5 nitrogen and oxygen atoms in total. The van der Waals surface area contributed by atoms with Gasteiger partial charge in [-0.05, 0) is 28.1 Å². The van der Waals surface area contributed by atoms with Gasteiger partial charge in [0.05, 0.1) is 10.2 Å². The van der Waals surface area contributed by atoms with Crippen molar-refractivity contribution in [3.05, 3.63) is 39.5 Å². The summed E-state index contributed by atoms with van der Waals surface area (Å²) >= 11 is 10.8. The first kappa shape index (κ1) is 13.4. The van der Waals surface area contributed by atoms with Crippen molar-refractivity contribution in [1.82, 2.24) is 19.9 Å². The lowest BCUT2D eigenvalue weighted by molar-refractivity contribution is 1.13. The molecule has 2 N–H and O–H groups in total. The van der Waals surface area contributed by atoms with Crippen molar-refractivity contribution in [3.63, 3.8) is 0 Å². The minimum absolute atomic E-state index is 0.349. The summed E-state index contributed by atoms with van der Waals surface area (Å²) in [6.07, 6.45) is 3.29. The summed E-state index contributed by atoms with van der Waals surface area (Å²) in [7, 11) is 0. The molecule has 3 aromatic rings. The third-order valence-corrected chi connectivity index (χ3v) is 4.31. The van der Waals surface area contributed by atoms with Gasteiger partial charge in [-0.1, -0.05) is 11.6 Å². The van der Waals surface area contributed by atoms with Gasteiger partial charge in [-0.15, -0.1) is 11.3 Å². The monoisotopic (exact) mass is 367 g/mol. The maximum atomic E-state index is 6.00. The molecule has 0 bridgehead atoms. The molecule has 0 unspecified atom stereocenters. The second-order valence-electron chi connectivity index (χ2n) is 3.80. The van der Waals surface area contributed by atoms with Crippen LogP contribution in [-0.4, -0.2) is 19.9 Å². The van der Waals surface area contributed by atoms with Gasteiger partial charge in [0.25, 0.3) is 0 Å². The Balaban J connectivity index is 2.20. The zero-order valence-electron chi connectivity index (χ0n) is 9.92. The average Bonchev–Trinajstić information content (AvgIpc) is 2.95. The minimum Gasteiger partial charge on any atom is -0.398 e. The van der Waals surface area contributed by atoms with Gasteiger partial charge in [-0.25, -0.2) is 19.9 Å². The van der Waals surface area contributed by atoms with E-state index in [1.165, 1.54) is 11.3 Å². The second-order valence-corrected chi connectivity index (χ2v) is 5.87. The molecule has 20 heavy (non-hydrogen) atoms.